The number of carbonyl (C=O) groups excluding carboxylic acids is 1. The summed E-state index contributed by atoms with van der Waals surface area (Å²) in [6, 6.07) is 7.98. The molecule has 3 rings (SSSR count). The molecule has 2 heterocycles. The highest BCUT2D eigenvalue weighted by molar-refractivity contribution is 5.82. The first-order chi connectivity index (χ1) is 10.9. The van der Waals surface area contributed by atoms with E-state index in [0.29, 0.717) is 19.6 Å². The van der Waals surface area contributed by atoms with Crippen LogP contribution in [0.15, 0.2) is 42.6 Å². The van der Waals surface area contributed by atoms with Crippen LogP contribution in [-0.2, 0) is 24.1 Å². The monoisotopic (exact) mass is 324 g/mol. The fourth-order valence-electron chi connectivity index (χ4n) is 2.70. The van der Waals surface area contributed by atoms with Crippen molar-refractivity contribution in [1.82, 2.24) is 9.47 Å². The molecule has 7 heteroatoms. The number of aromatic nitrogens is 1. The van der Waals surface area contributed by atoms with Gasteiger partial charge in [0.15, 0.2) is 6.10 Å². The van der Waals surface area contributed by atoms with Crippen molar-refractivity contribution >= 4 is 5.91 Å². The van der Waals surface area contributed by atoms with Crippen LogP contribution in [-0.4, -0.2) is 27.0 Å². The van der Waals surface area contributed by atoms with Crippen molar-refractivity contribution in [2.75, 3.05) is 6.54 Å². The maximum absolute atomic E-state index is 12.7. The maximum atomic E-state index is 12.7. The predicted octanol–water partition coefficient (Wildman–Crippen LogP) is 2.58. The Labute approximate surface area is 130 Å². The quantitative estimate of drug-likeness (QED) is 0.923. The lowest BCUT2D eigenvalue weighted by Gasteiger charge is -2.30. The molecule has 1 aromatic carbocycles. The van der Waals surface area contributed by atoms with Crippen LogP contribution in [0.4, 0.5) is 13.2 Å². The van der Waals surface area contributed by atoms with Gasteiger partial charge in [-0.1, -0.05) is 12.1 Å². The second kappa shape index (κ2) is 5.73. The Morgan fingerprint density at radius 3 is 2.70 bits per heavy atom. The van der Waals surface area contributed by atoms with E-state index in [0.717, 1.165) is 17.8 Å². The smallest absolute Gasteiger partial charge is 0.378 e. The van der Waals surface area contributed by atoms with Gasteiger partial charge in [0.2, 0.25) is 0 Å². The summed E-state index contributed by atoms with van der Waals surface area (Å²) in [6.45, 7) is 1.35. The molecule has 0 aliphatic carbocycles. The molecule has 0 radical (unpaired) electrons. The standard InChI is InChI=1S/C16H15F3N2O2/c17-16(18,19)12-4-1-3-11(9-12)14(22)15(23)21-8-7-20-6-2-5-13(20)10-21/h1-6,9,14,22H,7-8,10H2. The van der Waals surface area contributed by atoms with Crippen molar-refractivity contribution in [3.63, 3.8) is 0 Å². The number of aliphatic hydroxyl groups excluding tert-OH is 1. The van der Waals surface area contributed by atoms with E-state index in [2.05, 4.69) is 0 Å². The third kappa shape index (κ3) is 3.10. The first-order valence-corrected chi connectivity index (χ1v) is 7.14. The topological polar surface area (TPSA) is 45.5 Å². The molecule has 0 bridgehead atoms. The summed E-state index contributed by atoms with van der Waals surface area (Å²) < 4.78 is 40.2. The Balaban J connectivity index is 1.78. The highest BCUT2D eigenvalue weighted by Gasteiger charge is 2.32. The SMILES string of the molecule is O=C(C(O)c1cccc(C(F)(F)F)c1)N1CCn2cccc2C1. The van der Waals surface area contributed by atoms with E-state index in [4.69, 9.17) is 0 Å². The Kier molecular flexibility index (Phi) is 3.89. The third-order valence-corrected chi connectivity index (χ3v) is 3.96. The number of fused-ring (bicyclic) bond motifs is 1. The van der Waals surface area contributed by atoms with Crippen molar-refractivity contribution in [2.45, 2.75) is 25.4 Å². The van der Waals surface area contributed by atoms with Crippen molar-refractivity contribution in [1.29, 1.82) is 0 Å². The Bertz CT molecular complexity index is 724. The summed E-state index contributed by atoms with van der Waals surface area (Å²) in [5.41, 5.74) is 0.000920. The van der Waals surface area contributed by atoms with Crippen molar-refractivity contribution in [2.24, 2.45) is 0 Å². The van der Waals surface area contributed by atoms with Gasteiger partial charge >= 0.3 is 6.18 Å². The molecule has 0 saturated heterocycles. The molecule has 4 nitrogen and oxygen atoms in total. The average Bonchev–Trinajstić information content (AvgIpc) is 3.00. The minimum absolute atomic E-state index is 0.0502. The van der Waals surface area contributed by atoms with E-state index in [-0.39, 0.29) is 5.56 Å². The molecule has 23 heavy (non-hydrogen) atoms. The van der Waals surface area contributed by atoms with Crippen LogP contribution in [0.1, 0.15) is 22.9 Å². The Hall–Kier alpha value is -2.28. The predicted molar refractivity (Wildman–Crippen MR) is 76.3 cm³/mol. The van der Waals surface area contributed by atoms with Gasteiger partial charge in [-0.25, -0.2) is 0 Å². The molecular formula is C16H15F3N2O2. The number of halogens is 3. The molecule has 1 aliphatic heterocycles. The molecule has 1 aliphatic rings. The van der Waals surface area contributed by atoms with E-state index in [9.17, 15) is 23.1 Å². The van der Waals surface area contributed by atoms with Crippen LogP contribution >= 0.6 is 0 Å². The lowest BCUT2D eigenvalue weighted by atomic mass is 10.0. The lowest BCUT2D eigenvalue weighted by Crippen LogP contribution is -2.40. The molecular weight excluding hydrogens is 309 g/mol. The summed E-state index contributed by atoms with van der Waals surface area (Å²) in [5, 5.41) is 10.2. The molecule has 1 unspecified atom stereocenters. The van der Waals surface area contributed by atoms with Gasteiger partial charge in [-0.05, 0) is 29.8 Å². The molecule has 0 spiro atoms. The fraction of sp³-hybridized carbons (Fsp3) is 0.312. The zero-order valence-electron chi connectivity index (χ0n) is 12.1. The number of benzene rings is 1. The van der Waals surface area contributed by atoms with Crippen LogP contribution in [0.25, 0.3) is 0 Å². The van der Waals surface area contributed by atoms with Gasteiger partial charge in [0.05, 0.1) is 12.1 Å². The number of amides is 1. The fourth-order valence-corrected chi connectivity index (χ4v) is 2.70. The normalized spacial score (nSPS) is 16.1. The van der Waals surface area contributed by atoms with E-state index in [1.54, 1.807) is 0 Å². The van der Waals surface area contributed by atoms with Crippen molar-refractivity contribution in [3.05, 3.63) is 59.4 Å². The van der Waals surface area contributed by atoms with Gasteiger partial charge in [0, 0.05) is 25.0 Å². The minimum Gasteiger partial charge on any atom is -0.378 e. The second-order valence-corrected chi connectivity index (χ2v) is 5.48. The molecule has 0 saturated carbocycles. The summed E-state index contributed by atoms with van der Waals surface area (Å²) in [4.78, 5) is 13.8. The molecule has 2 aromatic rings. The van der Waals surface area contributed by atoms with Crippen LogP contribution in [0, 0.1) is 0 Å². The molecule has 1 atom stereocenters. The number of hydrogen-bond donors (Lipinski definition) is 1. The molecule has 0 fully saturated rings. The van der Waals surface area contributed by atoms with Gasteiger partial charge < -0.3 is 14.6 Å². The Morgan fingerprint density at radius 2 is 1.96 bits per heavy atom. The zero-order chi connectivity index (χ0) is 16.6. The van der Waals surface area contributed by atoms with Crippen molar-refractivity contribution < 1.29 is 23.1 Å². The minimum atomic E-state index is -4.51. The van der Waals surface area contributed by atoms with E-state index in [1.165, 1.54) is 17.0 Å². The number of rotatable bonds is 2. The van der Waals surface area contributed by atoms with Gasteiger partial charge in [-0.15, -0.1) is 0 Å². The summed E-state index contributed by atoms with van der Waals surface area (Å²) in [6.07, 6.45) is -4.20. The molecule has 122 valence electrons. The first-order valence-electron chi connectivity index (χ1n) is 7.14. The van der Waals surface area contributed by atoms with Crippen LogP contribution < -0.4 is 0 Å². The zero-order valence-corrected chi connectivity index (χ0v) is 12.1. The molecule has 1 N–H and O–H groups in total. The number of nitrogens with zero attached hydrogens (tertiary/aromatic N) is 2. The van der Waals surface area contributed by atoms with E-state index >= 15 is 0 Å². The number of aliphatic hydroxyl groups is 1. The highest BCUT2D eigenvalue weighted by atomic mass is 19.4. The second-order valence-electron chi connectivity index (χ2n) is 5.48. The number of hydrogen-bond acceptors (Lipinski definition) is 2. The molecule has 1 amide bonds. The van der Waals surface area contributed by atoms with Crippen LogP contribution in [0.2, 0.25) is 0 Å². The average molecular weight is 324 g/mol. The summed E-state index contributed by atoms with van der Waals surface area (Å²) in [5.74, 6) is -0.586. The van der Waals surface area contributed by atoms with E-state index in [1.807, 2.05) is 22.9 Å². The van der Waals surface area contributed by atoms with Gasteiger partial charge in [-0.2, -0.15) is 13.2 Å². The largest absolute Gasteiger partial charge is 0.416 e. The van der Waals surface area contributed by atoms with Crippen LogP contribution in [0.5, 0.6) is 0 Å². The van der Waals surface area contributed by atoms with Gasteiger partial charge in [0.1, 0.15) is 0 Å². The van der Waals surface area contributed by atoms with Gasteiger partial charge in [0.25, 0.3) is 5.91 Å². The van der Waals surface area contributed by atoms with Gasteiger partial charge in [-0.3, -0.25) is 4.79 Å². The maximum Gasteiger partial charge on any atom is 0.416 e. The lowest BCUT2D eigenvalue weighted by molar-refractivity contribution is -0.143. The first kappa shape index (κ1) is 15.6. The number of alkyl halides is 3. The number of carbonyl (C=O) groups is 1. The summed E-state index contributed by atoms with van der Waals surface area (Å²) in [7, 11) is 0. The van der Waals surface area contributed by atoms with Crippen LogP contribution in [0.3, 0.4) is 0 Å². The third-order valence-electron chi connectivity index (χ3n) is 3.96. The Morgan fingerprint density at radius 1 is 1.17 bits per heavy atom. The van der Waals surface area contributed by atoms with E-state index < -0.39 is 23.8 Å². The van der Waals surface area contributed by atoms with Crippen molar-refractivity contribution in [3.8, 4) is 0 Å². The summed E-state index contributed by atoms with van der Waals surface area (Å²) >= 11 is 0. The highest BCUT2D eigenvalue weighted by Crippen LogP contribution is 2.31. The molecule has 1 aromatic heterocycles.